The largest absolute Gasteiger partial charge is 0.326 e. The van der Waals surface area contributed by atoms with Crippen LogP contribution in [0.15, 0.2) is 42.6 Å². The Hall–Kier alpha value is -1.87. The zero-order valence-electron chi connectivity index (χ0n) is 12.8. The van der Waals surface area contributed by atoms with Crippen LogP contribution >= 0.6 is 0 Å². The molecular weight excluding hydrogens is 258 g/mol. The molecule has 2 heterocycles. The maximum atomic E-state index is 4.67. The molecule has 0 spiro atoms. The lowest BCUT2D eigenvalue weighted by Gasteiger charge is -2.35. The lowest BCUT2D eigenvalue weighted by atomic mass is 9.93. The molecule has 1 atom stereocenters. The predicted octanol–water partition coefficient (Wildman–Crippen LogP) is 3.52. The third-order valence-electron chi connectivity index (χ3n) is 4.03. The third-order valence-corrected chi connectivity index (χ3v) is 4.03. The molecule has 1 aromatic heterocycles. The highest BCUT2D eigenvalue weighted by Gasteiger charge is 2.24. The van der Waals surface area contributed by atoms with Gasteiger partial charge < -0.3 is 10.2 Å². The van der Waals surface area contributed by atoms with E-state index >= 15 is 0 Å². The summed E-state index contributed by atoms with van der Waals surface area (Å²) in [5, 5.41) is 3.41. The molecule has 21 heavy (non-hydrogen) atoms. The van der Waals surface area contributed by atoms with Crippen molar-refractivity contribution in [3.05, 3.63) is 53.7 Å². The summed E-state index contributed by atoms with van der Waals surface area (Å²) in [5.41, 5.74) is 4.01. The second kappa shape index (κ2) is 6.27. The fourth-order valence-electron chi connectivity index (χ4n) is 3.07. The van der Waals surface area contributed by atoms with Crippen molar-refractivity contribution in [1.29, 1.82) is 0 Å². The summed E-state index contributed by atoms with van der Waals surface area (Å²) < 4.78 is 0. The lowest BCUT2D eigenvalue weighted by molar-refractivity contribution is 0.558. The van der Waals surface area contributed by atoms with Gasteiger partial charge in [-0.25, -0.2) is 4.98 Å². The Balaban J connectivity index is 2.00. The Morgan fingerprint density at radius 3 is 2.95 bits per heavy atom. The standard InChI is InChI=1S/C18H23N3/c1-3-19-12-16-8-6-10-20-18(16)21-13-14(2)11-15-7-4-5-9-17(15)21/h4-10,14,19H,3,11-13H2,1-2H3. The topological polar surface area (TPSA) is 28.2 Å². The van der Waals surface area contributed by atoms with Crippen molar-refractivity contribution in [2.45, 2.75) is 26.8 Å². The first kappa shape index (κ1) is 14.1. The van der Waals surface area contributed by atoms with Gasteiger partial charge in [0.2, 0.25) is 0 Å². The Bertz CT molecular complexity index is 609. The summed E-state index contributed by atoms with van der Waals surface area (Å²) in [7, 11) is 0. The van der Waals surface area contributed by atoms with Crippen LogP contribution in [0.2, 0.25) is 0 Å². The average molecular weight is 281 g/mol. The van der Waals surface area contributed by atoms with Gasteiger partial charge in [0.05, 0.1) is 0 Å². The zero-order valence-corrected chi connectivity index (χ0v) is 12.8. The Morgan fingerprint density at radius 1 is 1.24 bits per heavy atom. The lowest BCUT2D eigenvalue weighted by Crippen LogP contribution is -2.32. The van der Waals surface area contributed by atoms with E-state index in [9.17, 15) is 0 Å². The number of nitrogens with zero attached hydrogens (tertiary/aromatic N) is 2. The van der Waals surface area contributed by atoms with Crippen molar-refractivity contribution >= 4 is 11.5 Å². The SMILES string of the molecule is CCNCc1cccnc1N1CC(C)Cc2ccccc21. The number of hydrogen-bond acceptors (Lipinski definition) is 3. The van der Waals surface area contributed by atoms with E-state index in [1.807, 2.05) is 12.3 Å². The Labute approximate surface area is 127 Å². The molecule has 0 aliphatic carbocycles. The minimum Gasteiger partial charge on any atom is -0.326 e. The van der Waals surface area contributed by atoms with Crippen LogP contribution in [0.5, 0.6) is 0 Å². The first-order valence-electron chi connectivity index (χ1n) is 7.79. The van der Waals surface area contributed by atoms with Crippen LogP contribution in [0.4, 0.5) is 11.5 Å². The van der Waals surface area contributed by atoms with Gasteiger partial charge in [0.25, 0.3) is 0 Å². The molecule has 2 aromatic rings. The molecule has 0 radical (unpaired) electrons. The summed E-state index contributed by atoms with van der Waals surface area (Å²) in [6.45, 7) is 7.32. The van der Waals surface area contributed by atoms with Crippen LogP contribution in [-0.2, 0) is 13.0 Å². The van der Waals surface area contributed by atoms with Gasteiger partial charge >= 0.3 is 0 Å². The van der Waals surface area contributed by atoms with E-state index in [2.05, 4.69) is 59.4 Å². The molecular formula is C18H23N3. The van der Waals surface area contributed by atoms with Gasteiger partial charge in [-0.1, -0.05) is 38.1 Å². The van der Waals surface area contributed by atoms with Gasteiger partial charge in [0, 0.05) is 30.5 Å². The number of nitrogens with one attached hydrogen (secondary N) is 1. The molecule has 1 aliphatic heterocycles. The minimum atomic E-state index is 0.647. The van der Waals surface area contributed by atoms with Gasteiger partial charge in [-0.2, -0.15) is 0 Å². The highest BCUT2D eigenvalue weighted by Crippen LogP contribution is 2.35. The van der Waals surface area contributed by atoms with Gasteiger partial charge in [-0.15, -0.1) is 0 Å². The van der Waals surface area contributed by atoms with E-state index < -0.39 is 0 Å². The molecule has 1 aliphatic rings. The third kappa shape index (κ3) is 2.93. The van der Waals surface area contributed by atoms with Crippen molar-refractivity contribution in [1.82, 2.24) is 10.3 Å². The molecule has 110 valence electrons. The number of fused-ring (bicyclic) bond motifs is 1. The maximum Gasteiger partial charge on any atom is 0.137 e. The van der Waals surface area contributed by atoms with Crippen LogP contribution in [0.3, 0.4) is 0 Å². The Morgan fingerprint density at radius 2 is 2.10 bits per heavy atom. The van der Waals surface area contributed by atoms with Gasteiger partial charge in [-0.05, 0) is 36.6 Å². The molecule has 1 aromatic carbocycles. The minimum absolute atomic E-state index is 0.647. The second-order valence-corrected chi connectivity index (χ2v) is 5.82. The molecule has 3 rings (SSSR count). The van der Waals surface area contributed by atoms with Crippen molar-refractivity contribution in [2.75, 3.05) is 18.0 Å². The summed E-state index contributed by atoms with van der Waals surface area (Å²) in [6.07, 6.45) is 3.05. The van der Waals surface area contributed by atoms with E-state index in [4.69, 9.17) is 0 Å². The molecule has 0 fully saturated rings. The predicted molar refractivity (Wildman–Crippen MR) is 87.9 cm³/mol. The Kier molecular flexibility index (Phi) is 4.20. The quantitative estimate of drug-likeness (QED) is 0.929. The normalized spacial score (nSPS) is 17.6. The van der Waals surface area contributed by atoms with Crippen LogP contribution < -0.4 is 10.2 Å². The maximum absolute atomic E-state index is 4.67. The number of aromatic nitrogens is 1. The molecule has 0 saturated carbocycles. The first-order chi connectivity index (χ1) is 10.3. The summed E-state index contributed by atoms with van der Waals surface area (Å²) in [5.74, 6) is 1.74. The second-order valence-electron chi connectivity index (χ2n) is 5.82. The highest BCUT2D eigenvalue weighted by atomic mass is 15.2. The van der Waals surface area contributed by atoms with Crippen LogP contribution in [-0.4, -0.2) is 18.1 Å². The first-order valence-corrected chi connectivity index (χ1v) is 7.79. The molecule has 0 saturated heterocycles. The fraction of sp³-hybridized carbons (Fsp3) is 0.389. The van der Waals surface area contributed by atoms with Gasteiger partial charge in [0.1, 0.15) is 5.82 Å². The van der Waals surface area contributed by atoms with E-state index in [-0.39, 0.29) is 0 Å². The summed E-state index contributed by atoms with van der Waals surface area (Å²) in [4.78, 5) is 7.06. The van der Waals surface area contributed by atoms with E-state index in [0.29, 0.717) is 5.92 Å². The van der Waals surface area contributed by atoms with Crippen molar-refractivity contribution in [2.24, 2.45) is 5.92 Å². The molecule has 1 N–H and O–H groups in total. The fourth-order valence-corrected chi connectivity index (χ4v) is 3.07. The van der Waals surface area contributed by atoms with Crippen LogP contribution in [0.25, 0.3) is 0 Å². The van der Waals surface area contributed by atoms with Gasteiger partial charge in [-0.3, -0.25) is 0 Å². The number of rotatable bonds is 4. The van der Waals surface area contributed by atoms with Gasteiger partial charge in [0.15, 0.2) is 0 Å². The molecule has 3 nitrogen and oxygen atoms in total. The summed E-state index contributed by atoms with van der Waals surface area (Å²) in [6, 6.07) is 12.9. The number of para-hydroxylation sites is 1. The highest BCUT2D eigenvalue weighted by molar-refractivity contribution is 5.67. The van der Waals surface area contributed by atoms with E-state index in [0.717, 1.165) is 31.9 Å². The van der Waals surface area contributed by atoms with E-state index in [1.54, 1.807) is 0 Å². The van der Waals surface area contributed by atoms with E-state index in [1.165, 1.54) is 16.8 Å². The summed E-state index contributed by atoms with van der Waals surface area (Å²) >= 11 is 0. The monoisotopic (exact) mass is 281 g/mol. The van der Waals surface area contributed by atoms with Crippen molar-refractivity contribution in [3.8, 4) is 0 Å². The smallest absolute Gasteiger partial charge is 0.137 e. The number of benzene rings is 1. The van der Waals surface area contributed by atoms with Crippen molar-refractivity contribution in [3.63, 3.8) is 0 Å². The van der Waals surface area contributed by atoms with Crippen molar-refractivity contribution < 1.29 is 0 Å². The molecule has 1 unspecified atom stereocenters. The molecule has 3 heteroatoms. The molecule has 0 amide bonds. The number of pyridine rings is 1. The molecule has 0 bridgehead atoms. The number of anilines is 2. The average Bonchev–Trinajstić information content (AvgIpc) is 2.52. The van der Waals surface area contributed by atoms with Crippen LogP contribution in [0.1, 0.15) is 25.0 Å². The van der Waals surface area contributed by atoms with Crippen LogP contribution in [0, 0.1) is 5.92 Å². The number of hydrogen-bond donors (Lipinski definition) is 1. The zero-order chi connectivity index (χ0) is 14.7.